The van der Waals surface area contributed by atoms with E-state index < -0.39 is 0 Å². The molecule has 0 amide bonds. The van der Waals surface area contributed by atoms with Crippen molar-refractivity contribution in [2.75, 3.05) is 5.43 Å². The molecule has 0 aliphatic rings. The summed E-state index contributed by atoms with van der Waals surface area (Å²) in [4.78, 5) is 14.1. The van der Waals surface area contributed by atoms with Gasteiger partial charge in [-0.15, -0.1) is 9.89 Å². The number of nitrogens with zero attached hydrogens (tertiary/aromatic N) is 2. The Morgan fingerprint density at radius 1 is 0.857 bits per heavy atom. The van der Waals surface area contributed by atoms with E-state index in [1.165, 1.54) is 4.79 Å². The molecule has 0 unspecified atom stereocenters. The van der Waals surface area contributed by atoms with Gasteiger partial charge in [-0.05, 0) is 23.8 Å². The van der Waals surface area contributed by atoms with Crippen molar-refractivity contribution in [3.8, 4) is 11.3 Å². The van der Waals surface area contributed by atoms with Crippen molar-refractivity contribution in [2.45, 2.75) is 6.54 Å². The second-order valence-electron chi connectivity index (χ2n) is 6.26. The zero-order chi connectivity index (χ0) is 19.3. The molecule has 5 nitrogen and oxygen atoms in total. The summed E-state index contributed by atoms with van der Waals surface area (Å²) in [5, 5.41) is 9.34. The van der Waals surface area contributed by atoms with Crippen LogP contribution in [0.5, 0.6) is 0 Å². The lowest BCUT2D eigenvalue weighted by Crippen LogP contribution is -2.40. The number of nitrogens with one attached hydrogen (secondary N) is 2. The summed E-state index contributed by atoms with van der Waals surface area (Å²) < 4.78 is 0. The van der Waals surface area contributed by atoms with Crippen molar-refractivity contribution < 1.29 is 0 Å². The largest absolute Gasteiger partial charge is 0.357 e. The van der Waals surface area contributed by atoms with Crippen molar-refractivity contribution in [3.05, 3.63) is 101 Å². The molecular weight excluding hydrogens is 368 g/mol. The third-order valence-corrected chi connectivity index (χ3v) is 4.59. The first-order chi connectivity index (χ1) is 13.7. The van der Waals surface area contributed by atoms with Crippen LogP contribution in [0.1, 0.15) is 5.56 Å². The molecule has 0 aliphatic carbocycles. The van der Waals surface area contributed by atoms with E-state index in [0.29, 0.717) is 22.7 Å². The van der Waals surface area contributed by atoms with Gasteiger partial charge in [0.2, 0.25) is 0 Å². The zero-order valence-electron chi connectivity index (χ0n) is 15.0. The van der Waals surface area contributed by atoms with Gasteiger partial charge in [0.15, 0.2) is 5.11 Å². The Hall–Kier alpha value is -3.51. The SMILES string of the molecule is O=c1c2ccccc2c(-c2ccccc2)nn1NC(=S)NCc1ccccc1. The Balaban J connectivity index is 1.66. The van der Waals surface area contributed by atoms with E-state index in [2.05, 4.69) is 15.8 Å². The van der Waals surface area contributed by atoms with Crippen molar-refractivity contribution in [3.63, 3.8) is 0 Å². The lowest BCUT2D eigenvalue weighted by atomic mass is 10.1. The number of aromatic nitrogens is 2. The number of rotatable bonds is 4. The van der Waals surface area contributed by atoms with Gasteiger partial charge in [-0.25, -0.2) is 0 Å². The lowest BCUT2D eigenvalue weighted by molar-refractivity contribution is 0.754. The van der Waals surface area contributed by atoms with Crippen molar-refractivity contribution in [2.24, 2.45) is 0 Å². The van der Waals surface area contributed by atoms with E-state index in [1.54, 1.807) is 6.07 Å². The molecule has 0 atom stereocenters. The molecule has 138 valence electrons. The minimum Gasteiger partial charge on any atom is -0.357 e. The number of hydrogen-bond acceptors (Lipinski definition) is 3. The van der Waals surface area contributed by atoms with Gasteiger partial charge in [-0.3, -0.25) is 10.2 Å². The van der Waals surface area contributed by atoms with Crippen molar-refractivity contribution in [1.29, 1.82) is 0 Å². The predicted molar refractivity (Wildman–Crippen MR) is 117 cm³/mol. The van der Waals surface area contributed by atoms with Crippen LogP contribution in [-0.4, -0.2) is 15.0 Å². The quantitative estimate of drug-likeness (QED) is 0.524. The Morgan fingerprint density at radius 3 is 2.18 bits per heavy atom. The maximum Gasteiger partial charge on any atom is 0.294 e. The summed E-state index contributed by atoms with van der Waals surface area (Å²) in [6, 6.07) is 27.1. The van der Waals surface area contributed by atoms with E-state index in [0.717, 1.165) is 16.5 Å². The highest BCUT2D eigenvalue weighted by molar-refractivity contribution is 7.80. The molecule has 0 bridgehead atoms. The van der Waals surface area contributed by atoms with E-state index >= 15 is 0 Å². The van der Waals surface area contributed by atoms with Crippen LogP contribution in [0.3, 0.4) is 0 Å². The Labute approximate surface area is 167 Å². The van der Waals surface area contributed by atoms with Gasteiger partial charge >= 0.3 is 0 Å². The molecule has 3 aromatic carbocycles. The van der Waals surface area contributed by atoms with Gasteiger partial charge < -0.3 is 5.32 Å². The molecule has 0 saturated heterocycles. The summed E-state index contributed by atoms with van der Waals surface area (Å²) in [6.07, 6.45) is 0. The fourth-order valence-electron chi connectivity index (χ4n) is 2.99. The van der Waals surface area contributed by atoms with Crippen LogP contribution in [-0.2, 0) is 6.54 Å². The first kappa shape index (κ1) is 17.9. The van der Waals surface area contributed by atoms with Crippen molar-refractivity contribution >= 4 is 28.1 Å². The van der Waals surface area contributed by atoms with E-state index in [1.807, 2.05) is 78.9 Å². The molecule has 1 aromatic heterocycles. The zero-order valence-corrected chi connectivity index (χ0v) is 15.8. The first-order valence-corrected chi connectivity index (χ1v) is 9.29. The second-order valence-corrected chi connectivity index (χ2v) is 6.67. The lowest BCUT2D eigenvalue weighted by Gasteiger charge is -2.14. The highest BCUT2D eigenvalue weighted by Gasteiger charge is 2.12. The number of fused-ring (bicyclic) bond motifs is 1. The van der Waals surface area contributed by atoms with Gasteiger partial charge in [0.25, 0.3) is 5.56 Å². The molecule has 2 N–H and O–H groups in total. The van der Waals surface area contributed by atoms with Gasteiger partial charge in [-0.1, -0.05) is 78.9 Å². The van der Waals surface area contributed by atoms with Gasteiger partial charge in [0, 0.05) is 17.5 Å². The van der Waals surface area contributed by atoms with Crippen LogP contribution in [0.4, 0.5) is 0 Å². The van der Waals surface area contributed by atoms with Crippen LogP contribution >= 0.6 is 12.2 Å². The highest BCUT2D eigenvalue weighted by Crippen LogP contribution is 2.23. The molecule has 4 aromatic rings. The van der Waals surface area contributed by atoms with Crippen LogP contribution in [0.15, 0.2) is 89.7 Å². The van der Waals surface area contributed by atoms with Crippen LogP contribution in [0.2, 0.25) is 0 Å². The Bertz CT molecular complexity index is 1170. The van der Waals surface area contributed by atoms with E-state index in [4.69, 9.17) is 12.2 Å². The van der Waals surface area contributed by atoms with Gasteiger partial charge in [0.1, 0.15) is 5.69 Å². The molecule has 0 fully saturated rings. The third-order valence-electron chi connectivity index (χ3n) is 4.36. The highest BCUT2D eigenvalue weighted by atomic mass is 32.1. The van der Waals surface area contributed by atoms with E-state index in [9.17, 15) is 4.79 Å². The van der Waals surface area contributed by atoms with Crippen LogP contribution in [0.25, 0.3) is 22.0 Å². The Kier molecular flexibility index (Phi) is 5.12. The number of benzene rings is 3. The predicted octanol–water partition coefficient (Wildman–Crippen LogP) is 3.68. The summed E-state index contributed by atoms with van der Waals surface area (Å²) >= 11 is 5.36. The molecule has 1 heterocycles. The number of thiocarbonyl (C=S) groups is 1. The first-order valence-electron chi connectivity index (χ1n) is 8.88. The van der Waals surface area contributed by atoms with Crippen LogP contribution in [0, 0.1) is 0 Å². The summed E-state index contributed by atoms with van der Waals surface area (Å²) in [6.45, 7) is 0.556. The molecule has 0 radical (unpaired) electrons. The van der Waals surface area contributed by atoms with Gasteiger partial charge in [-0.2, -0.15) is 0 Å². The fraction of sp³-hybridized carbons (Fsp3) is 0.0455. The smallest absolute Gasteiger partial charge is 0.294 e. The Morgan fingerprint density at radius 2 is 1.46 bits per heavy atom. The second kappa shape index (κ2) is 8.02. The summed E-state index contributed by atoms with van der Waals surface area (Å²) in [5.41, 5.74) is 5.38. The normalized spacial score (nSPS) is 10.6. The maximum absolute atomic E-state index is 12.9. The average molecular weight is 386 g/mol. The minimum atomic E-state index is -0.251. The molecular formula is C22H18N4OS. The molecule has 4 rings (SSSR count). The van der Waals surface area contributed by atoms with Gasteiger partial charge in [0.05, 0.1) is 5.39 Å². The minimum absolute atomic E-state index is 0.251. The van der Waals surface area contributed by atoms with Crippen LogP contribution < -0.4 is 16.3 Å². The molecule has 28 heavy (non-hydrogen) atoms. The maximum atomic E-state index is 12.9. The summed E-state index contributed by atoms with van der Waals surface area (Å²) in [7, 11) is 0. The molecule has 6 heteroatoms. The third kappa shape index (κ3) is 3.77. The monoisotopic (exact) mass is 386 g/mol. The fourth-order valence-corrected chi connectivity index (χ4v) is 3.15. The van der Waals surface area contributed by atoms with E-state index in [-0.39, 0.29) is 5.56 Å². The standard InChI is InChI=1S/C22H18N4OS/c27-21-19-14-8-7-13-18(19)20(17-11-5-2-6-12-17)24-26(21)25-22(28)23-15-16-9-3-1-4-10-16/h1-14H,15H2,(H2,23,25,28). The summed E-state index contributed by atoms with van der Waals surface area (Å²) in [5.74, 6) is 0. The van der Waals surface area contributed by atoms with Crippen molar-refractivity contribution in [1.82, 2.24) is 15.2 Å². The number of hydrogen-bond donors (Lipinski definition) is 2. The topological polar surface area (TPSA) is 59.0 Å². The molecule has 0 aliphatic heterocycles. The average Bonchev–Trinajstić information content (AvgIpc) is 2.76. The molecule has 0 spiro atoms. The molecule has 0 saturated carbocycles.